The number of rotatable bonds is 8. The minimum atomic E-state index is -4.61. The Morgan fingerprint density at radius 3 is 2.62 bits per heavy atom. The van der Waals surface area contributed by atoms with Gasteiger partial charge in [-0.05, 0) is 31.2 Å². The molecule has 1 N–H and O–H groups in total. The largest absolute Gasteiger partial charge is 0.417 e. The molecule has 0 spiro atoms. The molecule has 0 bridgehead atoms. The number of fused-ring (bicyclic) bond motifs is 1. The summed E-state index contributed by atoms with van der Waals surface area (Å²) in [5, 5.41) is 6.45. The third-order valence-electron chi connectivity index (χ3n) is 6.39. The van der Waals surface area contributed by atoms with Crippen molar-refractivity contribution in [1.82, 2.24) is 24.6 Å². The first-order valence-corrected chi connectivity index (χ1v) is 16.4. The molecular weight excluding hydrogens is 553 g/mol. The lowest BCUT2D eigenvalue weighted by Crippen LogP contribution is -2.42. The molecule has 210 valence electrons. The summed E-state index contributed by atoms with van der Waals surface area (Å²) < 4.78 is 48.6. The van der Waals surface area contributed by atoms with Gasteiger partial charge in [0.15, 0.2) is 0 Å². The Morgan fingerprint density at radius 2 is 2.00 bits per heavy atom. The number of imidazole rings is 1. The van der Waals surface area contributed by atoms with Crippen LogP contribution in [0.2, 0.25) is 30.7 Å². The lowest BCUT2D eigenvalue weighted by atomic mass is 10.1. The highest BCUT2D eigenvalue weighted by atomic mass is 35.5. The molecule has 2 amide bonds. The van der Waals surface area contributed by atoms with Crippen LogP contribution in [-0.4, -0.2) is 59.4 Å². The van der Waals surface area contributed by atoms with Crippen LogP contribution in [0.5, 0.6) is 0 Å². The van der Waals surface area contributed by atoms with Crippen molar-refractivity contribution in [3.63, 3.8) is 0 Å². The van der Waals surface area contributed by atoms with E-state index in [1.165, 1.54) is 24.2 Å². The van der Waals surface area contributed by atoms with Crippen LogP contribution in [0.25, 0.3) is 11.3 Å². The third kappa shape index (κ3) is 6.04. The second-order valence-corrected chi connectivity index (χ2v) is 16.7. The minimum Gasteiger partial charge on any atom is -0.361 e. The van der Waals surface area contributed by atoms with Crippen molar-refractivity contribution >= 4 is 37.2 Å². The summed E-state index contributed by atoms with van der Waals surface area (Å²) in [7, 11) is 0.189. The van der Waals surface area contributed by atoms with Gasteiger partial charge >= 0.3 is 6.18 Å². The number of aromatic nitrogens is 4. The predicted octanol–water partition coefficient (Wildman–Crippen LogP) is 5.31. The number of nitrogens with one attached hydrogen (secondary N) is 1. The molecule has 1 aliphatic rings. The Bertz CT molecular complexity index is 1400. The van der Waals surface area contributed by atoms with E-state index in [9.17, 15) is 22.8 Å². The van der Waals surface area contributed by atoms with E-state index < -0.39 is 36.7 Å². The minimum absolute atomic E-state index is 0.101. The van der Waals surface area contributed by atoms with Crippen LogP contribution in [0.4, 0.5) is 18.9 Å². The second-order valence-electron chi connectivity index (χ2n) is 10.6. The normalized spacial score (nSPS) is 16.0. The van der Waals surface area contributed by atoms with E-state index in [2.05, 4.69) is 35.0 Å². The second kappa shape index (κ2) is 10.8. The topological polar surface area (TPSA) is 94.3 Å². The monoisotopic (exact) mass is 582 g/mol. The maximum Gasteiger partial charge on any atom is 0.417 e. The molecule has 3 aromatic rings. The maximum absolute atomic E-state index is 13.7. The SMILES string of the molecule is CNC(=O)c1nc(-c2cnn3c2C(=O)N(c2ccc(C(F)(F)F)c(Cl)c2)C[C@@H]3C)cn1COCC[Si](C)(C)C. The van der Waals surface area contributed by atoms with E-state index in [0.29, 0.717) is 17.9 Å². The van der Waals surface area contributed by atoms with Crippen LogP contribution >= 0.6 is 11.6 Å². The number of alkyl halides is 3. The van der Waals surface area contributed by atoms with Crippen molar-refractivity contribution in [3.8, 4) is 11.3 Å². The number of carbonyl (C=O) groups is 2. The van der Waals surface area contributed by atoms with Gasteiger partial charge in [-0.3, -0.25) is 14.3 Å². The molecule has 1 atom stereocenters. The maximum atomic E-state index is 13.7. The number of ether oxygens (including phenoxy) is 1. The average Bonchev–Trinajstić information content (AvgIpc) is 3.47. The van der Waals surface area contributed by atoms with Crippen LogP contribution in [0, 0.1) is 0 Å². The van der Waals surface area contributed by atoms with Gasteiger partial charge in [-0.25, -0.2) is 4.98 Å². The fraction of sp³-hybridized carbons (Fsp3) is 0.440. The van der Waals surface area contributed by atoms with E-state index >= 15 is 0 Å². The lowest BCUT2D eigenvalue weighted by molar-refractivity contribution is -0.137. The molecule has 39 heavy (non-hydrogen) atoms. The van der Waals surface area contributed by atoms with Gasteiger partial charge < -0.3 is 19.5 Å². The van der Waals surface area contributed by atoms with Crippen molar-refractivity contribution in [2.75, 3.05) is 25.1 Å². The summed E-state index contributed by atoms with van der Waals surface area (Å²) in [6.07, 6.45) is -1.48. The molecule has 2 aromatic heterocycles. The van der Waals surface area contributed by atoms with E-state index in [0.717, 1.165) is 18.2 Å². The quantitative estimate of drug-likeness (QED) is 0.287. The van der Waals surface area contributed by atoms with Gasteiger partial charge in [-0.15, -0.1) is 0 Å². The molecule has 0 aliphatic carbocycles. The number of amides is 2. The Kier molecular flexibility index (Phi) is 7.97. The number of halogens is 4. The zero-order valence-corrected chi connectivity index (χ0v) is 24.0. The van der Waals surface area contributed by atoms with Crippen LogP contribution in [0.15, 0.2) is 30.6 Å². The number of hydrogen-bond donors (Lipinski definition) is 1. The average molecular weight is 583 g/mol. The molecule has 0 saturated heterocycles. The summed E-state index contributed by atoms with van der Waals surface area (Å²) in [6, 6.07) is 3.88. The van der Waals surface area contributed by atoms with E-state index in [1.807, 2.05) is 6.92 Å². The van der Waals surface area contributed by atoms with Crippen LogP contribution in [-0.2, 0) is 17.6 Å². The summed E-state index contributed by atoms with van der Waals surface area (Å²) in [5.41, 5.74) is 0.195. The van der Waals surface area contributed by atoms with Crippen molar-refractivity contribution < 1.29 is 27.5 Å². The van der Waals surface area contributed by atoms with Gasteiger partial charge in [-0.1, -0.05) is 31.2 Å². The number of anilines is 1. The molecule has 0 fully saturated rings. The van der Waals surface area contributed by atoms with Gasteiger partial charge in [0.25, 0.3) is 11.8 Å². The van der Waals surface area contributed by atoms with Gasteiger partial charge in [0.2, 0.25) is 5.82 Å². The molecule has 0 radical (unpaired) electrons. The smallest absolute Gasteiger partial charge is 0.361 e. The molecule has 0 saturated carbocycles. The Hall–Kier alpha value is -3.16. The fourth-order valence-electron chi connectivity index (χ4n) is 4.25. The van der Waals surface area contributed by atoms with E-state index in [4.69, 9.17) is 16.3 Å². The molecule has 1 aliphatic heterocycles. The highest BCUT2D eigenvalue weighted by Gasteiger charge is 2.37. The zero-order valence-electron chi connectivity index (χ0n) is 22.3. The van der Waals surface area contributed by atoms with Crippen molar-refractivity contribution in [2.45, 2.75) is 51.6 Å². The molecule has 1 aromatic carbocycles. The first-order chi connectivity index (χ1) is 18.2. The molecule has 14 heteroatoms. The summed E-state index contributed by atoms with van der Waals surface area (Å²) in [4.78, 5) is 32.1. The van der Waals surface area contributed by atoms with Crippen molar-refractivity contribution in [1.29, 1.82) is 0 Å². The summed E-state index contributed by atoms with van der Waals surface area (Å²) in [5.74, 6) is -0.779. The predicted molar refractivity (Wildman–Crippen MR) is 144 cm³/mol. The van der Waals surface area contributed by atoms with Crippen LogP contribution in [0.3, 0.4) is 0 Å². The van der Waals surface area contributed by atoms with Crippen LogP contribution < -0.4 is 10.2 Å². The van der Waals surface area contributed by atoms with Gasteiger partial charge in [-0.2, -0.15) is 18.3 Å². The Labute approximate surface area is 229 Å². The summed E-state index contributed by atoms with van der Waals surface area (Å²) >= 11 is 5.93. The third-order valence-corrected chi connectivity index (χ3v) is 8.40. The molecular formula is C25H30ClF3N6O3Si. The van der Waals surface area contributed by atoms with Gasteiger partial charge in [0.05, 0.1) is 34.1 Å². The molecule has 0 unspecified atom stereocenters. The Balaban J connectivity index is 1.67. The standard InChI is InChI=1S/C25H30ClF3N6O3Si/c1-15-12-34(16-6-7-18(19(26)10-16)25(27,28)29)24(37)21-17(11-31-35(15)21)20-13-33(22(32-20)23(36)30-2)14-38-8-9-39(3,4)5/h6-7,10-11,13,15H,8-9,12,14H2,1-5H3,(H,30,36)/t15-/m0/s1. The molecule has 3 heterocycles. The number of nitrogens with zero attached hydrogens (tertiary/aromatic N) is 5. The first-order valence-electron chi connectivity index (χ1n) is 12.3. The van der Waals surface area contributed by atoms with E-state index in [-0.39, 0.29) is 36.5 Å². The molecule has 4 rings (SSSR count). The lowest BCUT2D eigenvalue weighted by Gasteiger charge is -2.32. The summed E-state index contributed by atoms with van der Waals surface area (Å²) in [6.45, 7) is 9.38. The highest BCUT2D eigenvalue weighted by molar-refractivity contribution is 6.76. The zero-order chi connectivity index (χ0) is 28.7. The van der Waals surface area contributed by atoms with Crippen molar-refractivity contribution in [2.24, 2.45) is 0 Å². The Morgan fingerprint density at radius 1 is 1.28 bits per heavy atom. The van der Waals surface area contributed by atoms with Crippen LogP contribution in [0.1, 0.15) is 39.6 Å². The highest BCUT2D eigenvalue weighted by Crippen LogP contribution is 2.38. The number of benzene rings is 1. The number of hydrogen-bond acceptors (Lipinski definition) is 5. The van der Waals surface area contributed by atoms with Gasteiger partial charge in [0.1, 0.15) is 12.4 Å². The first kappa shape index (κ1) is 28.8. The fourth-order valence-corrected chi connectivity index (χ4v) is 5.29. The molecule has 9 nitrogen and oxygen atoms in total. The van der Waals surface area contributed by atoms with Gasteiger partial charge in [0, 0.05) is 40.2 Å². The number of carbonyl (C=O) groups excluding carboxylic acids is 2. The van der Waals surface area contributed by atoms with Crippen molar-refractivity contribution in [3.05, 3.63) is 52.7 Å². The van der Waals surface area contributed by atoms with E-state index in [1.54, 1.807) is 15.4 Å².